The van der Waals surface area contributed by atoms with Crippen LogP contribution in [0.25, 0.3) is 0 Å². The predicted molar refractivity (Wildman–Crippen MR) is 62.9 cm³/mol. The summed E-state index contributed by atoms with van der Waals surface area (Å²) in [6.07, 6.45) is 0. The van der Waals surface area contributed by atoms with Gasteiger partial charge in [-0.25, -0.2) is 0 Å². The van der Waals surface area contributed by atoms with Crippen molar-refractivity contribution in [1.82, 2.24) is 0 Å². The highest BCUT2D eigenvalue weighted by molar-refractivity contribution is 5.49. The molecule has 2 N–H and O–H groups in total. The Morgan fingerprint density at radius 2 is 1.62 bits per heavy atom. The van der Waals surface area contributed by atoms with Gasteiger partial charge in [-0.05, 0) is 24.6 Å². The van der Waals surface area contributed by atoms with Crippen molar-refractivity contribution in [3.63, 3.8) is 0 Å². The Balaban J connectivity index is 3.25. The third-order valence-electron chi connectivity index (χ3n) is 2.37. The summed E-state index contributed by atoms with van der Waals surface area (Å²) in [5.41, 5.74) is 7.78. The second-order valence-corrected chi connectivity index (χ2v) is 3.64. The molecule has 1 atom stereocenters. The Morgan fingerprint density at radius 1 is 1.12 bits per heavy atom. The van der Waals surface area contributed by atoms with Crippen molar-refractivity contribution in [2.45, 2.75) is 19.6 Å². The van der Waals surface area contributed by atoms with Gasteiger partial charge in [-0.15, -0.1) is 0 Å². The maximum absolute atomic E-state index is 5.90. The summed E-state index contributed by atoms with van der Waals surface area (Å²) in [7, 11) is 4.90. The van der Waals surface area contributed by atoms with Crippen LogP contribution in [-0.2, 0) is 11.3 Å². The fourth-order valence-electron chi connectivity index (χ4n) is 1.69. The Labute approximate surface area is 96.3 Å². The first kappa shape index (κ1) is 12.8. The second-order valence-electron chi connectivity index (χ2n) is 3.64. The zero-order valence-corrected chi connectivity index (χ0v) is 10.2. The van der Waals surface area contributed by atoms with E-state index < -0.39 is 0 Å². The van der Waals surface area contributed by atoms with Gasteiger partial charge in [-0.1, -0.05) is 0 Å². The van der Waals surface area contributed by atoms with E-state index in [1.807, 2.05) is 19.1 Å². The van der Waals surface area contributed by atoms with Crippen molar-refractivity contribution in [3.05, 3.63) is 23.3 Å². The van der Waals surface area contributed by atoms with Gasteiger partial charge in [-0.3, -0.25) is 0 Å². The number of nitrogens with two attached hydrogens (primary N) is 1. The molecule has 0 aliphatic carbocycles. The number of benzene rings is 1. The van der Waals surface area contributed by atoms with Gasteiger partial charge in [0.1, 0.15) is 11.5 Å². The lowest BCUT2D eigenvalue weighted by Crippen LogP contribution is -2.09. The molecule has 0 fully saturated rings. The van der Waals surface area contributed by atoms with E-state index in [2.05, 4.69) is 0 Å². The van der Waals surface area contributed by atoms with Gasteiger partial charge in [0.25, 0.3) is 0 Å². The fraction of sp³-hybridized carbons (Fsp3) is 0.500. The standard InChI is InChI=1S/C12H19NO3/c1-8(13)12-10(15-3)5-9(7-14-2)6-11(12)16-4/h5-6,8H,7,13H2,1-4H3. The average Bonchev–Trinajstić information content (AvgIpc) is 2.27. The molecule has 4 nitrogen and oxygen atoms in total. The minimum atomic E-state index is -0.138. The van der Waals surface area contributed by atoms with Crippen LogP contribution in [-0.4, -0.2) is 21.3 Å². The van der Waals surface area contributed by atoms with E-state index in [1.165, 1.54) is 0 Å². The van der Waals surface area contributed by atoms with E-state index in [0.717, 1.165) is 22.6 Å². The van der Waals surface area contributed by atoms with Gasteiger partial charge in [0.2, 0.25) is 0 Å². The van der Waals surface area contributed by atoms with Gasteiger partial charge in [-0.2, -0.15) is 0 Å². The number of ether oxygens (including phenoxy) is 3. The summed E-state index contributed by atoms with van der Waals surface area (Å²) in [5.74, 6) is 1.47. The molecule has 16 heavy (non-hydrogen) atoms. The molecule has 0 heterocycles. The normalized spacial score (nSPS) is 12.3. The van der Waals surface area contributed by atoms with Gasteiger partial charge in [0.15, 0.2) is 0 Å². The van der Waals surface area contributed by atoms with Crippen molar-refractivity contribution < 1.29 is 14.2 Å². The number of hydrogen-bond acceptors (Lipinski definition) is 4. The van der Waals surface area contributed by atoms with E-state index in [1.54, 1.807) is 21.3 Å². The summed E-state index contributed by atoms with van der Waals surface area (Å²) >= 11 is 0. The molecule has 0 aromatic heterocycles. The highest BCUT2D eigenvalue weighted by atomic mass is 16.5. The fourth-order valence-corrected chi connectivity index (χ4v) is 1.69. The Kier molecular flexibility index (Phi) is 4.58. The van der Waals surface area contributed by atoms with Crippen LogP contribution < -0.4 is 15.2 Å². The van der Waals surface area contributed by atoms with Crippen LogP contribution in [0, 0.1) is 0 Å². The lowest BCUT2D eigenvalue weighted by molar-refractivity contribution is 0.184. The van der Waals surface area contributed by atoms with Crippen molar-refractivity contribution in [3.8, 4) is 11.5 Å². The van der Waals surface area contributed by atoms with Gasteiger partial charge in [0.05, 0.1) is 26.4 Å². The molecule has 0 spiro atoms. The minimum Gasteiger partial charge on any atom is -0.496 e. The van der Waals surface area contributed by atoms with E-state index in [9.17, 15) is 0 Å². The van der Waals surface area contributed by atoms with Crippen molar-refractivity contribution in [1.29, 1.82) is 0 Å². The third-order valence-corrected chi connectivity index (χ3v) is 2.37. The highest BCUT2D eigenvalue weighted by Crippen LogP contribution is 2.34. The zero-order valence-electron chi connectivity index (χ0n) is 10.2. The van der Waals surface area contributed by atoms with E-state index in [4.69, 9.17) is 19.9 Å². The molecule has 0 saturated carbocycles. The summed E-state index contributed by atoms with van der Waals surface area (Å²) in [5, 5.41) is 0. The minimum absolute atomic E-state index is 0.138. The average molecular weight is 225 g/mol. The van der Waals surface area contributed by atoms with E-state index in [0.29, 0.717) is 6.61 Å². The summed E-state index contributed by atoms with van der Waals surface area (Å²) < 4.78 is 15.7. The Hall–Kier alpha value is -1.26. The van der Waals surface area contributed by atoms with Crippen LogP contribution >= 0.6 is 0 Å². The van der Waals surface area contributed by atoms with Crippen LogP contribution in [0.1, 0.15) is 24.1 Å². The molecular weight excluding hydrogens is 206 g/mol. The Bertz CT molecular complexity index is 325. The molecule has 0 bridgehead atoms. The predicted octanol–water partition coefficient (Wildman–Crippen LogP) is 1.87. The molecule has 1 rings (SSSR count). The smallest absolute Gasteiger partial charge is 0.127 e. The van der Waals surface area contributed by atoms with Crippen molar-refractivity contribution >= 4 is 0 Å². The van der Waals surface area contributed by atoms with Crippen molar-refractivity contribution in [2.75, 3.05) is 21.3 Å². The van der Waals surface area contributed by atoms with Gasteiger partial charge < -0.3 is 19.9 Å². The first-order chi connectivity index (χ1) is 7.63. The largest absolute Gasteiger partial charge is 0.496 e. The van der Waals surface area contributed by atoms with Gasteiger partial charge in [0, 0.05) is 13.2 Å². The lowest BCUT2D eigenvalue weighted by atomic mass is 10.0. The molecule has 1 aromatic rings. The lowest BCUT2D eigenvalue weighted by Gasteiger charge is -2.17. The van der Waals surface area contributed by atoms with Crippen LogP contribution in [0.2, 0.25) is 0 Å². The second kappa shape index (κ2) is 5.72. The third kappa shape index (κ3) is 2.65. The molecule has 0 amide bonds. The SMILES string of the molecule is COCc1cc(OC)c(C(C)N)c(OC)c1. The number of hydrogen-bond donors (Lipinski definition) is 1. The van der Waals surface area contributed by atoms with E-state index in [-0.39, 0.29) is 6.04 Å². The molecule has 0 aliphatic heterocycles. The van der Waals surface area contributed by atoms with Crippen LogP contribution in [0.4, 0.5) is 0 Å². The summed E-state index contributed by atoms with van der Waals surface area (Å²) in [6, 6.07) is 3.71. The Morgan fingerprint density at radius 3 is 1.94 bits per heavy atom. The maximum Gasteiger partial charge on any atom is 0.127 e. The van der Waals surface area contributed by atoms with Crippen LogP contribution in [0.15, 0.2) is 12.1 Å². The van der Waals surface area contributed by atoms with Crippen LogP contribution in [0.5, 0.6) is 11.5 Å². The first-order valence-electron chi connectivity index (χ1n) is 5.13. The quantitative estimate of drug-likeness (QED) is 0.831. The maximum atomic E-state index is 5.90. The van der Waals surface area contributed by atoms with E-state index >= 15 is 0 Å². The molecular formula is C12H19NO3. The molecule has 1 aromatic carbocycles. The topological polar surface area (TPSA) is 53.7 Å². The molecule has 1 unspecified atom stereocenters. The van der Waals surface area contributed by atoms with Crippen LogP contribution in [0.3, 0.4) is 0 Å². The molecule has 4 heteroatoms. The summed E-state index contributed by atoms with van der Waals surface area (Å²) in [4.78, 5) is 0. The molecule has 0 aliphatic rings. The number of methoxy groups -OCH3 is 3. The molecule has 0 radical (unpaired) electrons. The highest BCUT2D eigenvalue weighted by Gasteiger charge is 2.15. The monoisotopic (exact) mass is 225 g/mol. The molecule has 90 valence electrons. The summed E-state index contributed by atoms with van der Waals surface area (Å²) in [6.45, 7) is 2.42. The first-order valence-corrected chi connectivity index (χ1v) is 5.13. The molecule has 0 saturated heterocycles. The number of rotatable bonds is 5. The zero-order chi connectivity index (χ0) is 12.1. The van der Waals surface area contributed by atoms with Crippen molar-refractivity contribution in [2.24, 2.45) is 5.73 Å². The van der Waals surface area contributed by atoms with Gasteiger partial charge >= 0.3 is 0 Å².